The topological polar surface area (TPSA) is 216 Å². The third-order valence-electron chi connectivity index (χ3n) is 13.2. The second-order valence-corrected chi connectivity index (χ2v) is 19.4. The zero-order chi connectivity index (χ0) is 50.8. The van der Waals surface area contributed by atoms with Crippen LogP contribution in [0.3, 0.4) is 0 Å². The second-order valence-electron chi connectivity index (χ2n) is 17.4. The number of aliphatic imine (C=N–C) groups is 2. The van der Waals surface area contributed by atoms with E-state index in [1.807, 2.05) is 109 Å². The molecule has 4 heterocycles. The van der Waals surface area contributed by atoms with Gasteiger partial charge in [0.25, 0.3) is 0 Å². The lowest BCUT2D eigenvalue weighted by atomic mass is 9.84. The minimum atomic E-state index is -0.661. The first-order valence-corrected chi connectivity index (χ1v) is 24.5. The number of carbonyl (C=O) groups excluding carboxylic acids is 4. The molecule has 2 atom stereocenters. The molecule has 0 bridgehead atoms. The molecule has 4 aliphatic carbocycles. The highest BCUT2D eigenvalue weighted by atomic mass is 32.1. The molecule has 0 spiro atoms. The number of rotatable bonds is 6. The van der Waals surface area contributed by atoms with Crippen LogP contribution >= 0.6 is 22.7 Å². The number of carbonyl (C=O) groups is 4. The molecule has 16 heteroatoms. The zero-order valence-corrected chi connectivity index (χ0v) is 39.9. The van der Waals surface area contributed by atoms with Crippen LogP contribution < -0.4 is 21.1 Å². The number of fused-ring (bicyclic) bond motifs is 9. The van der Waals surface area contributed by atoms with Gasteiger partial charge in [-0.2, -0.15) is 21.0 Å². The van der Waals surface area contributed by atoms with Gasteiger partial charge < -0.3 is 9.47 Å². The third-order valence-corrected chi connectivity index (χ3v) is 15.3. The molecule has 350 valence electrons. The Hall–Kier alpha value is -10.1. The molecule has 74 heavy (non-hydrogen) atoms. The van der Waals surface area contributed by atoms with E-state index >= 15 is 0 Å². The van der Waals surface area contributed by atoms with Crippen LogP contribution in [0.25, 0.3) is 55.9 Å². The number of nitriles is 4. The highest BCUT2D eigenvalue weighted by Crippen LogP contribution is 2.40. The van der Waals surface area contributed by atoms with Crippen molar-refractivity contribution in [3.8, 4) is 24.3 Å². The van der Waals surface area contributed by atoms with Crippen molar-refractivity contribution in [2.75, 3.05) is 0 Å². The summed E-state index contributed by atoms with van der Waals surface area (Å²) in [7, 11) is 0. The molecule has 0 radical (unpaired) electrons. The van der Waals surface area contributed by atoms with Crippen molar-refractivity contribution < 1.29 is 28.7 Å². The highest BCUT2D eigenvalue weighted by Gasteiger charge is 2.36. The van der Waals surface area contributed by atoms with Crippen LogP contribution in [0, 0.1) is 57.2 Å². The van der Waals surface area contributed by atoms with Crippen LogP contribution in [0.15, 0.2) is 142 Å². The van der Waals surface area contributed by atoms with Crippen molar-refractivity contribution in [2.45, 2.75) is 13.2 Å². The number of hydrogen-bond donors (Lipinski definition) is 0. The van der Waals surface area contributed by atoms with E-state index in [0.29, 0.717) is 73.8 Å². The van der Waals surface area contributed by atoms with Gasteiger partial charge in [0.1, 0.15) is 70.1 Å². The Balaban J connectivity index is 1.02. The number of allylic oxidation sites excluding steroid dienone is 4. The van der Waals surface area contributed by atoms with Gasteiger partial charge in [-0.15, -0.1) is 22.7 Å². The van der Waals surface area contributed by atoms with E-state index in [1.54, 1.807) is 60.7 Å². The maximum atomic E-state index is 14.5. The van der Waals surface area contributed by atoms with Gasteiger partial charge in [0, 0.05) is 44.5 Å². The molecular weight excluding hydrogens is 969 g/mol. The Kier molecular flexibility index (Phi) is 10.9. The molecule has 4 aliphatic rings. The van der Waals surface area contributed by atoms with Gasteiger partial charge in [-0.1, -0.05) is 133 Å². The summed E-state index contributed by atoms with van der Waals surface area (Å²) in [5, 5.41) is 43.0. The molecule has 2 unspecified atom stereocenters. The molecule has 0 saturated carbocycles. The number of benzene rings is 4. The van der Waals surface area contributed by atoms with Crippen LogP contribution in [0.4, 0.5) is 19.6 Å². The number of aromatic nitrogens is 2. The van der Waals surface area contributed by atoms with Crippen molar-refractivity contribution in [3.05, 3.63) is 187 Å². The van der Waals surface area contributed by atoms with E-state index < -0.39 is 23.8 Å². The average Bonchev–Trinajstić information content (AvgIpc) is 4.28. The fraction of sp³-hybridized carbons (Fsp3) is 0.0690. The summed E-state index contributed by atoms with van der Waals surface area (Å²) in [6, 6.07) is 43.0. The van der Waals surface area contributed by atoms with Crippen molar-refractivity contribution in [3.63, 3.8) is 0 Å². The number of hydrogen-bond acceptors (Lipinski definition) is 14. The molecule has 0 saturated heterocycles. The molecule has 0 fully saturated rings. The molecule has 4 aromatic heterocycles. The van der Waals surface area contributed by atoms with Crippen LogP contribution in [0.2, 0.25) is 0 Å². The standard InChI is InChI=1S/C58H30N8O6S2/c59-25-35(26-60)49-37-15-7-9-17-39(37)53(67)51(49)63-47-23-45-55(73-47)41-19-34-22-44-42(20-33(34)21-43(41)65(45)57(69)71-29-31-11-3-1-4-12-31)56-46(66(44)58(70)72-30-32-13-5-2-6-14-32)24-48(74-56)64-52-50(36(27-61)28-62)38-16-8-10-18-40(38)54(52)68/h1-24,33-34H,29-30H2. The predicted octanol–water partition coefficient (Wildman–Crippen LogP) is 8.71. The lowest BCUT2D eigenvalue weighted by Crippen LogP contribution is -2.42. The SMILES string of the molecule is N#CC(C#N)=C1C(=Nc2cc3c(s2)c2c(n3C(=O)OCc3ccccc3)=CC3C=c4c(n(C(=O)OCc5ccccc5)c5cc(N=C6C(=O)c7ccccc7C6=C(C#N)C#N)sc45)=CC3C=2)C(=O)c2ccccc21. The summed E-state index contributed by atoms with van der Waals surface area (Å²) < 4.78 is 16.2. The molecule has 0 amide bonds. The first-order chi connectivity index (χ1) is 36.2. The molecule has 12 rings (SSSR count). The molecular formula is C58H30N8O6S2. The van der Waals surface area contributed by atoms with E-state index in [9.17, 15) is 40.2 Å². The Bertz CT molecular complexity index is 4140. The Morgan fingerprint density at radius 3 is 1.26 bits per heavy atom. The molecule has 0 aliphatic heterocycles. The van der Waals surface area contributed by atoms with E-state index in [4.69, 9.17) is 19.5 Å². The number of Topliss-reactive ketones (excluding diaryl/α,β-unsaturated/α-hetero) is 2. The van der Waals surface area contributed by atoms with E-state index in [-0.39, 0.29) is 58.8 Å². The Morgan fingerprint density at radius 2 is 0.878 bits per heavy atom. The van der Waals surface area contributed by atoms with Gasteiger partial charge in [0.15, 0.2) is 0 Å². The van der Waals surface area contributed by atoms with Crippen molar-refractivity contribution >= 4 is 124 Å². The summed E-state index contributed by atoms with van der Waals surface area (Å²) in [5.74, 6) is -1.60. The van der Waals surface area contributed by atoms with Crippen LogP contribution in [-0.4, -0.2) is 44.3 Å². The lowest BCUT2D eigenvalue weighted by molar-refractivity contribution is 0.106. The van der Waals surface area contributed by atoms with Gasteiger partial charge in [-0.3, -0.25) is 9.59 Å². The maximum absolute atomic E-state index is 14.5. The van der Waals surface area contributed by atoms with E-state index in [1.165, 1.54) is 31.8 Å². The first kappa shape index (κ1) is 45.1. The second kappa shape index (κ2) is 17.9. The quantitative estimate of drug-likeness (QED) is 0.144. The Morgan fingerprint density at radius 1 is 0.514 bits per heavy atom. The van der Waals surface area contributed by atoms with Crippen LogP contribution in [-0.2, 0) is 22.7 Å². The molecule has 14 nitrogen and oxygen atoms in total. The molecule has 4 aromatic carbocycles. The van der Waals surface area contributed by atoms with Gasteiger partial charge in [-0.25, -0.2) is 28.7 Å². The van der Waals surface area contributed by atoms with Crippen molar-refractivity contribution in [2.24, 2.45) is 21.8 Å². The first-order valence-electron chi connectivity index (χ1n) is 22.9. The minimum Gasteiger partial charge on any atom is -0.444 e. The number of ether oxygens (including phenoxy) is 2. The summed E-state index contributed by atoms with van der Waals surface area (Å²) >= 11 is 2.47. The van der Waals surface area contributed by atoms with E-state index in [2.05, 4.69) is 0 Å². The van der Waals surface area contributed by atoms with Gasteiger partial charge in [0.2, 0.25) is 11.6 Å². The lowest BCUT2D eigenvalue weighted by Gasteiger charge is -2.21. The minimum absolute atomic E-state index is 0.0153. The van der Waals surface area contributed by atoms with Gasteiger partial charge >= 0.3 is 12.2 Å². The largest absolute Gasteiger partial charge is 0.444 e. The molecule has 8 aromatic rings. The summed E-state index contributed by atoms with van der Waals surface area (Å²) in [4.78, 5) is 66.2. The zero-order valence-electron chi connectivity index (χ0n) is 38.3. The third kappa shape index (κ3) is 7.25. The Labute approximate surface area is 426 Å². The van der Waals surface area contributed by atoms with Gasteiger partial charge in [-0.05, 0) is 34.4 Å². The highest BCUT2D eigenvalue weighted by molar-refractivity contribution is 7.23. The number of ketones is 2. The summed E-state index contributed by atoms with van der Waals surface area (Å²) in [6.45, 7) is -0.0307. The van der Waals surface area contributed by atoms with Crippen LogP contribution in [0.1, 0.15) is 43.0 Å². The number of nitrogens with zero attached hydrogens (tertiary/aromatic N) is 8. The molecule has 0 N–H and O–H groups in total. The fourth-order valence-corrected chi connectivity index (χ4v) is 12.1. The number of thiophene rings is 2. The monoisotopic (exact) mass is 998 g/mol. The van der Waals surface area contributed by atoms with E-state index in [0.717, 1.165) is 11.1 Å². The maximum Gasteiger partial charge on any atom is 0.419 e. The van der Waals surface area contributed by atoms with Crippen molar-refractivity contribution in [1.29, 1.82) is 21.0 Å². The smallest absolute Gasteiger partial charge is 0.419 e. The summed E-state index contributed by atoms with van der Waals surface area (Å²) in [6.07, 6.45) is 6.69. The van der Waals surface area contributed by atoms with Crippen molar-refractivity contribution in [1.82, 2.24) is 9.13 Å². The fourth-order valence-electron chi connectivity index (χ4n) is 9.95. The van der Waals surface area contributed by atoms with Crippen LogP contribution in [0.5, 0.6) is 0 Å². The van der Waals surface area contributed by atoms with Gasteiger partial charge in [0.05, 0.1) is 31.1 Å². The normalized spacial score (nSPS) is 16.8. The average molecular weight is 999 g/mol. The summed E-state index contributed by atoms with van der Waals surface area (Å²) in [5.41, 5.74) is 3.64. The predicted molar refractivity (Wildman–Crippen MR) is 279 cm³/mol.